The van der Waals surface area contributed by atoms with Gasteiger partial charge in [-0.1, -0.05) is 26.7 Å². The van der Waals surface area contributed by atoms with E-state index in [2.05, 4.69) is 18.8 Å². The molecule has 0 bridgehead atoms. The Bertz CT molecular complexity index is 558. The predicted molar refractivity (Wildman–Crippen MR) is 79.7 cm³/mol. The minimum Gasteiger partial charge on any atom is -0.396 e. The first-order valence-corrected chi connectivity index (χ1v) is 8.60. The molecule has 2 heterocycles. The molecule has 0 unspecified atom stereocenters. The van der Waals surface area contributed by atoms with E-state index in [1.807, 2.05) is 0 Å². The smallest absolute Gasteiger partial charge is 0.262 e. The number of nitrogen functional groups attached to an aromatic ring is 1. The highest BCUT2D eigenvalue weighted by Crippen LogP contribution is 2.39. The maximum absolute atomic E-state index is 12.6. The van der Waals surface area contributed by atoms with E-state index in [0.29, 0.717) is 18.5 Å². The van der Waals surface area contributed by atoms with Crippen molar-refractivity contribution >= 4 is 15.7 Å². The van der Waals surface area contributed by atoms with Crippen LogP contribution < -0.4 is 5.73 Å². The van der Waals surface area contributed by atoms with Crippen molar-refractivity contribution in [3.63, 3.8) is 0 Å². The minimum atomic E-state index is -3.56. The first-order valence-electron chi connectivity index (χ1n) is 7.16. The molecule has 2 rings (SSSR count). The van der Waals surface area contributed by atoms with E-state index in [-0.39, 0.29) is 10.7 Å². The average molecular weight is 297 g/mol. The van der Waals surface area contributed by atoms with Crippen molar-refractivity contribution in [1.82, 2.24) is 9.29 Å². The molecule has 0 saturated carbocycles. The SMILES string of the molecule is CCC1(CC)CCN(S(=O)(=O)c2ncccc2N)CC1. The molecule has 1 saturated heterocycles. The van der Waals surface area contributed by atoms with Crippen LogP contribution in [0.5, 0.6) is 0 Å². The van der Waals surface area contributed by atoms with Crippen molar-refractivity contribution in [2.45, 2.75) is 44.6 Å². The van der Waals surface area contributed by atoms with Gasteiger partial charge in [-0.2, -0.15) is 4.31 Å². The Hall–Kier alpha value is -1.14. The highest BCUT2D eigenvalue weighted by Gasteiger charge is 2.37. The molecule has 1 aromatic rings. The second-order valence-corrected chi connectivity index (χ2v) is 7.36. The van der Waals surface area contributed by atoms with E-state index in [1.165, 1.54) is 10.5 Å². The average Bonchev–Trinajstić information content (AvgIpc) is 2.47. The van der Waals surface area contributed by atoms with Gasteiger partial charge >= 0.3 is 0 Å². The summed E-state index contributed by atoms with van der Waals surface area (Å²) >= 11 is 0. The summed E-state index contributed by atoms with van der Waals surface area (Å²) in [4.78, 5) is 3.95. The number of aromatic nitrogens is 1. The Labute approximate surface area is 121 Å². The molecule has 0 aliphatic carbocycles. The lowest BCUT2D eigenvalue weighted by Crippen LogP contribution is -2.43. The van der Waals surface area contributed by atoms with Gasteiger partial charge in [0.1, 0.15) is 0 Å². The Morgan fingerprint density at radius 2 is 1.90 bits per heavy atom. The van der Waals surface area contributed by atoms with Crippen molar-refractivity contribution in [3.8, 4) is 0 Å². The van der Waals surface area contributed by atoms with E-state index in [4.69, 9.17) is 5.73 Å². The van der Waals surface area contributed by atoms with Gasteiger partial charge in [-0.25, -0.2) is 13.4 Å². The normalized spacial score (nSPS) is 19.9. The van der Waals surface area contributed by atoms with Gasteiger partial charge in [0.2, 0.25) is 0 Å². The number of hydrogen-bond donors (Lipinski definition) is 1. The fraction of sp³-hybridized carbons (Fsp3) is 0.643. The highest BCUT2D eigenvalue weighted by molar-refractivity contribution is 7.89. The lowest BCUT2D eigenvalue weighted by molar-refractivity contribution is 0.141. The van der Waals surface area contributed by atoms with Crippen LogP contribution in [0.3, 0.4) is 0 Å². The van der Waals surface area contributed by atoms with Crippen molar-refractivity contribution in [1.29, 1.82) is 0 Å². The summed E-state index contributed by atoms with van der Waals surface area (Å²) in [5, 5.41) is -0.0134. The van der Waals surface area contributed by atoms with Gasteiger partial charge in [0.15, 0.2) is 5.03 Å². The zero-order valence-electron chi connectivity index (χ0n) is 12.2. The maximum Gasteiger partial charge on any atom is 0.262 e. The molecule has 1 aliphatic heterocycles. The van der Waals surface area contributed by atoms with E-state index >= 15 is 0 Å². The summed E-state index contributed by atoms with van der Waals surface area (Å²) in [6.45, 7) is 5.48. The molecule has 0 amide bonds. The third-order valence-corrected chi connectivity index (χ3v) is 6.54. The second-order valence-electron chi connectivity index (χ2n) is 5.51. The molecule has 1 fully saturated rings. The number of rotatable bonds is 4. The molecule has 2 N–H and O–H groups in total. The van der Waals surface area contributed by atoms with Crippen LogP contribution in [0.2, 0.25) is 0 Å². The van der Waals surface area contributed by atoms with Gasteiger partial charge < -0.3 is 5.73 Å². The molecule has 112 valence electrons. The molecule has 1 aromatic heterocycles. The molecule has 20 heavy (non-hydrogen) atoms. The van der Waals surface area contributed by atoms with Crippen molar-refractivity contribution < 1.29 is 8.42 Å². The number of hydrogen-bond acceptors (Lipinski definition) is 4. The number of nitrogens with zero attached hydrogens (tertiary/aromatic N) is 2. The molecule has 0 spiro atoms. The molecule has 1 aliphatic rings. The largest absolute Gasteiger partial charge is 0.396 e. The first-order chi connectivity index (χ1) is 9.45. The predicted octanol–water partition coefficient (Wildman–Crippen LogP) is 2.25. The molecular formula is C14H23N3O2S. The van der Waals surface area contributed by atoms with Crippen molar-refractivity contribution in [2.75, 3.05) is 18.8 Å². The fourth-order valence-corrected chi connectivity index (χ4v) is 4.37. The number of piperidine rings is 1. The quantitative estimate of drug-likeness (QED) is 0.924. The third kappa shape index (κ3) is 2.67. The van der Waals surface area contributed by atoms with Crippen LogP contribution in [0.15, 0.2) is 23.4 Å². The van der Waals surface area contributed by atoms with Gasteiger partial charge in [0.25, 0.3) is 10.0 Å². The monoisotopic (exact) mass is 297 g/mol. The third-order valence-electron chi connectivity index (χ3n) is 4.67. The number of pyridine rings is 1. The Morgan fingerprint density at radius 3 is 2.40 bits per heavy atom. The van der Waals surface area contributed by atoms with Crippen LogP contribution in [0.4, 0.5) is 5.69 Å². The number of sulfonamides is 1. The summed E-state index contributed by atoms with van der Waals surface area (Å²) in [7, 11) is -3.56. The molecule has 0 radical (unpaired) electrons. The van der Waals surface area contributed by atoms with E-state index in [9.17, 15) is 8.42 Å². The molecular weight excluding hydrogens is 274 g/mol. The van der Waals surface area contributed by atoms with E-state index in [0.717, 1.165) is 25.7 Å². The molecule has 5 nitrogen and oxygen atoms in total. The minimum absolute atomic E-state index is 0.0134. The van der Waals surface area contributed by atoms with Gasteiger partial charge in [-0.05, 0) is 30.4 Å². The van der Waals surface area contributed by atoms with Crippen LogP contribution in [-0.4, -0.2) is 30.8 Å². The standard InChI is InChI=1S/C14H23N3O2S/c1-3-14(4-2)7-10-17(11-8-14)20(18,19)13-12(15)6-5-9-16-13/h5-6,9H,3-4,7-8,10-11,15H2,1-2H3. The van der Waals surface area contributed by atoms with Crippen LogP contribution in [0.25, 0.3) is 0 Å². The Kier molecular flexibility index (Phi) is 4.34. The van der Waals surface area contributed by atoms with E-state index < -0.39 is 10.0 Å². The lowest BCUT2D eigenvalue weighted by atomic mass is 9.75. The van der Waals surface area contributed by atoms with Gasteiger partial charge in [-0.3, -0.25) is 0 Å². The summed E-state index contributed by atoms with van der Waals surface area (Å²) in [6, 6.07) is 3.22. The molecule has 6 heteroatoms. The first kappa shape index (κ1) is 15.3. The zero-order chi connectivity index (χ0) is 14.8. The van der Waals surface area contributed by atoms with Gasteiger partial charge in [0, 0.05) is 19.3 Å². The van der Waals surface area contributed by atoms with Crippen LogP contribution in [0, 0.1) is 5.41 Å². The van der Waals surface area contributed by atoms with Crippen molar-refractivity contribution in [3.05, 3.63) is 18.3 Å². The topological polar surface area (TPSA) is 76.3 Å². The Balaban J connectivity index is 2.20. The van der Waals surface area contributed by atoms with Crippen LogP contribution in [0.1, 0.15) is 39.5 Å². The van der Waals surface area contributed by atoms with Gasteiger partial charge in [-0.15, -0.1) is 0 Å². The summed E-state index contributed by atoms with van der Waals surface area (Å²) in [5.74, 6) is 0. The van der Waals surface area contributed by atoms with Gasteiger partial charge in [0.05, 0.1) is 5.69 Å². The fourth-order valence-electron chi connectivity index (χ4n) is 2.90. The molecule has 0 aromatic carbocycles. The maximum atomic E-state index is 12.6. The second kappa shape index (κ2) is 5.69. The number of nitrogens with two attached hydrogens (primary N) is 1. The van der Waals surface area contributed by atoms with Crippen LogP contribution >= 0.6 is 0 Å². The summed E-state index contributed by atoms with van der Waals surface area (Å²) in [5.41, 5.74) is 6.26. The van der Waals surface area contributed by atoms with Crippen LogP contribution in [-0.2, 0) is 10.0 Å². The van der Waals surface area contributed by atoms with E-state index in [1.54, 1.807) is 12.1 Å². The van der Waals surface area contributed by atoms with Crippen molar-refractivity contribution in [2.24, 2.45) is 5.41 Å². The summed E-state index contributed by atoms with van der Waals surface area (Å²) in [6.07, 6.45) is 5.49. The number of anilines is 1. The Morgan fingerprint density at radius 1 is 1.30 bits per heavy atom. The molecule has 0 atom stereocenters. The highest BCUT2D eigenvalue weighted by atomic mass is 32.2. The summed E-state index contributed by atoms with van der Waals surface area (Å²) < 4.78 is 26.7. The lowest BCUT2D eigenvalue weighted by Gasteiger charge is -2.40. The zero-order valence-corrected chi connectivity index (χ0v) is 13.0.